The van der Waals surface area contributed by atoms with E-state index in [1.807, 2.05) is 22.9 Å². The molecule has 3 amide bonds. The number of imidazole rings is 1. The van der Waals surface area contributed by atoms with Crippen LogP contribution in [0, 0.1) is 0 Å². The minimum Gasteiger partial charge on any atom is -0.370 e. The van der Waals surface area contributed by atoms with Crippen LogP contribution in [0.2, 0.25) is 0 Å². The van der Waals surface area contributed by atoms with Gasteiger partial charge in [0.25, 0.3) is 11.8 Å². The number of imide groups is 1. The van der Waals surface area contributed by atoms with Crippen LogP contribution < -0.4 is 11.1 Å². The van der Waals surface area contributed by atoms with Gasteiger partial charge < -0.3 is 10.3 Å². The molecule has 0 radical (unpaired) electrons. The number of amides is 3. The van der Waals surface area contributed by atoms with Crippen molar-refractivity contribution in [3.63, 3.8) is 0 Å². The number of carbonyl (C=O) groups is 3. The monoisotopic (exact) mass is 377 g/mol. The van der Waals surface area contributed by atoms with Gasteiger partial charge in [0.2, 0.25) is 5.91 Å². The highest BCUT2D eigenvalue weighted by Gasteiger charge is 2.25. The van der Waals surface area contributed by atoms with E-state index in [9.17, 15) is 14.4 Å². The van der Waals surface area contributed by atoms with E-state index < -0.39 is 0 Å². The lowest BCUT2D eigenvalue weighted by Crippen LogP contribution is -2.19. The Balaban J connectivity index is 0.000000176. The Morgan fingerprint density at radius 2 is 1.79 bits per heavy atom. The fourth-order valence-corrected chi connectivity index (χ4v) is 2.70. The van der Waals surface area contributed by atoms with Gasteiger partial charge in [-0.25, -0.2) is 4.98 Å². The van der Waals surface area contributed by atoms with Crippen molar-refractivity contribution in [3.05, 3.63) is 72.4 Å². The first-order valence-electron chi connectivity index (χ1n) is 8.70. The van der Waals surface area contributed by atoms with Crippen molar-refractivity contribution in [2.45, 2.75) is 19.4 Å². The normalized spacial score (nSPS) is 12.0. The van der Waals surface area contributed by atoms with Crippen molar-refractivity contribution in [2.24, 2.45) is 5.73 Å². The van der Waals surface area contributed by atoms with Crippen LogP contribution in [-0.4, -0.2) is 32.3 Å². The molecule has 0 saturated heterocycles. The number of aryl methyl sites for hydroxylation is 1. The lowest BCUT2D eigenvalue weighted by Gasteiger charge is -1.99. The van der Waals surface area contributed by atoms with Crippen LogP contribution in [0.3, 0.4) is 0 Å². The third-order valence-corrected chi connectivity index (χ3v) is 4.07. The van der Waals surface area contributed by atoms with E-state index in [4.69, 9.17) is 5.73 Å². The van der Waals surface area contributed by atoms with Crippen LogP contribution in [-0.2, 0) is 11.3 Å². The summed E-state index contributed by atoms with van der Waals surface area (Å²) < 4.78 is 1.95. The zero-order chi connectivity index (χ0) is 19.9. The van der Waals surface area contributed by atoms with Gasteiger partial charge in [0, 0.05) is 37.1 Å². The fraction of sp³-hybridized carbons (Fsp3) is 0.150. The number of rotatable bonds is 5. The summed E-state index contributed by atoms with van der Waals surface area (Å²) in [6.07, 6.45) is 8.34. The lowest BCUT2D eigenvalue weighted by atomic mass is 10.1. The number of benzene rings is 1. The first kappa shape index (κ1) is 19.0. The summed E-state index contributed by atoms with van der Waals surface area (Å²) in [7, 11) is 0. The lowest BCUT2D eigenvalue weighted by molar-refractivity contribution is -0.118. The van der Waals surface area contributed by atoms with E-state index >= 15 is 0 Å². The smallest absolute Gasteiger partial charge is 0.258 e. The Morgan fingerprint density at radius 1 is 1.07 bits per heavy atom. The van der Waals surface area contributed by atoms with Gasteiger partial charge in [-0.05, 0) is 30.7 Å². The number of nitrogens with one attached hydrogen (secondary N) is 1. The number of pyridine rings is 1. The van der Waals surface area contributed by atoms with Crippen LogP contribution >= 0.6 is 0 Å². The number of nitrogens with two attached hydrogens (primary N) is 1. The summed E-state index contributed by atoms with van der Waals surface area (Å²) in [5, 5.41) is 2.20. The van der Waals surface area contributed by atoms with Gasteiger partial charge in [0.1, 0.15) is 0 Å². The number of hydrogen-bond donors (Lipinski definition) is 2. The highest BCUT2D eigenvalue weighted by atomic mass is 16.2. The van der Waals surface area contributed by atoms with Crippen molar-refractivity contribution in [1.82, 2.24) is 19.9 Å². The molecule has 3 aromatic rings. The number of aromatic nitrogens is 3. The molecule has 2 aromatic heterocycles. The van der Waals surface area contributed by atoms with Crippen molar-refractivity contribution < 1.29 is 14.4 Å². The van der Waals surface area contributed by atoms with E-state index in [0.29, 0.717) is 17.5 Å². The van der Waals surface area contributed by atoms with E-state index in [1.54, 1.807) is 43.0 Å². The molecule has 0 saturated carbocycles. The maximum atomic E-state index is 10.9. The number of fused-ring (bicyclic) bond motifs is 1. The molecule has 4 rings (SSSR count). The Morgan fingerprint density at radius 3 is 2.39 bits per heavy atom. The highest BCUT2D eigenvalue weighted by Crippen LogP contribution is 2.15. The molecule has 3 heterocycles. The van der Waals surface area contributed by atoms with Gasteiger partial charge in [-0.2, -0.15) is 0 Å². The highest BCUT2D eigenvalue weighted by molar-refractivity contribution is 6.21. The molecule has 1 aliphatic rings. The van der Waals surface area contributed by atoms with E-state index in [0.717, 1.165) is 24.2 Å². The molecule has 8 heteroatoms. The second-order valence-electron chi connectivity index (χ2n) is 6.14. The van der Waals surface area contributed by atoms with Crippen LogP contribution in [0.5, 0.6) is 0 Å². The van der Waals surface area contributed by atoms with Crippen molar-refractivity contribution in [3.8, 4) is 11.3 Å². The van der Waals surface area contributed by atoms with E-state index in [2.05, 4.69) is 15.3 Å². The average Bonchev–Trinajstić information content (AvgIpc) is 3.28. The molecule has 0 bridgehead atoms. The van der Waals surface area contributed by atoms with Gasteiger partial charge in [-0.1, -0.05) is 12.1 Å². The third kappa shape index (κ3) is 4.67. The molecule has 0 spiro atoms. The average molecular weight is 377 g/mol. The topological polar surface area (TPSA) is 120 Å². The molecule has 142 valence electrons. The van der Waals surface area contributed by atoms with Crippen molar-refractivity contribution >= 4 is 17.7 Å². The Hall–Kier alpha value is -3.81. The van der Waals surface area contributed by atoms with E-state index in [-0.39, 0.29) is 17.7 Å². The summed E-state index contributed by atoms with van der Waals surface area (Å²) in [5.41, 5.74) is 7.89. The summed E-state index contributed by atoms with van der Waals surface area (Å²) in [5.74, 6) is -0.867. The van der Waals surface area contributed by atoms with Gasteiger partial charge in [0.15, 0.2) is 0 Å². The molecular formula is C20H19N5O3. The zero-order valence-corrected chi connectivity index (χ0v) is 15.0. The van der Waals surface area contributed by atoms with Crippen LogP contribution in [0.1, 0.15) is 33.6 Å². The van der Waals surface area contributed by atoms with Gasteiger partial charge >= 0.3 is 0 Å². The largest absolute Gasteiger partial charge is 0.370 e. The summed E-state index contributed by atoms with van der Waals surface area (Å²) in [6, 6.07) is 10.6. The Labute approximate surface area is 161 Å². The minimum atomic E-state index is -0.300. The molecule has 28 heavy (non-hydrogen) atoms. The predicted molar refractivity (Wildman–Crippen MR) is 102 cm³/mol. The summed E-state index contributed by atoms with van der Waals surface area (Å²) in [4.78, 5) is 40.8. The number of carbonyl (C=O) groups excluding carboxylic acids is 3. The first-order chi connectivity index (χ1) is 13.5. The third-order valence-electron chi connectivity index (χ3n) is 4.07. The van der Waals surface area contributed by atoms with Gasteiger partial charge in [-0.3, -0.25) is 24.7 Å². The maximum Gasteiger partial charge on any atom is 0.258 e. The quantitative estimate of drug-likeness (QED) is 0.657. The number of hydrogen-bond acceptors (Lipinski definition) is 5. The molecule has 0 unspecified atom stereocenters. The van der Waals surface area contributed by atoms with Gasteiger partial charge in [-0.15, -0.1) is 0 Å². The SMILES string of the molecule is NC(=O)CCCn1cnc(-c2cccnc2)c1.O=C1NC(=O)c2ccccc21. The van der Waals surface area contributed by atoms with Gasteiger partial charge in [0.05, 0.1) is 23.1 Å². The Kier molecular flexibility index (Phi) is 5.91. The minimum absolute atomic E-state index is 0.266. The van der Waals surface area contributed by atoms with Crippen LogP contribution in [0.25, 0.3) is 11.3 Å². The first-order valence-corrected chi connectivity index (χ1v) is 8.70. The number of primary amides is 1. The molecular weight excluding hydrogens is 358 g/mol. The standard InChI is InChI=1S/C12H14N4O.C8H5NO2/c13-12(17)4-2-6-16-8-11(15-9-16)10-3-1-5-14-7-10;10-7-5-3-1-2-4-6(5)8(11)9-7/h1,3,5,7-9H,2,4,6H2,(H2,13,17);1-4H,(H,9,10,11). The summed E-state index contributed by atoms with van der Waals surface area (Å²) >= 11 is 0. The molecule has 1 aromatic carbocycles. The molecule has 0 atom stereocenters. The molecule has 1 aliphatic heterocycles. The second kappa shape index (κ2) is 8.72. The van der Waals surface area contributed by atoms with Crippen molar-refractivity contribution in [2.75, 3.05) is 0 Å². The summed E-state index contributed by atoms with van der Waals surface area (Å²) in [6.45, 7) is 0.746. The fourth-order valence-electron chi connectivity index (χ4n) is 2.70. The second-order valence-corrected chi connectivity index (χ2v) is 6.14. The zero-order valence-electron chi connectivity index (χ0n) is 15.0. The Bertz CT molecular complexity index is 965. The van der Waals surface area contributed by atoms with Crippen LogP contribution in [0.15, 0.2) is 61.3 Å². The van der Waals surface area contributed by atoms with Crippen LogP contribution in [0.4, 0.5) is 0 Å². The van der Waals surface area contributed by atoms with Crippen molar-refractivity contribution in [1.29, 1.82) is 0 Å². The molecule has 0 aliphatic carbocycles. The number of nitrogens with zero attached hydrogens (tertiary/aromatic N) is 3. The molecule has 3 N–H and O–H groups in total. The molecule has 0 fully saturated rings. The maximum absolute atomic E-state index is 10.9. The van der Waals surface area contributed by atoms with E-state index in [1.165, 1.54) is 0 Å². The predicted octanol–water partition coefficient (Wildman–Crippen LogP) is 1.78. The molecule has 8 nitrogen and oxygen atoms in total.